The van der Waals surface area contributed by atoms with Crippen LogP contribution in [0, 0.1) is 0 Å². The Morgan fingerprint density at radius 3 is 2.44 bits per heavy atom. The van der Waals surface area contributed by atoms with Crippen molar-refractivity contribution in [2.24, 2.45) is 5.73 Å². The molecule has 16 heavy (non-hydrogen) atoms. The Morgan fingerprint density at radius 2 is 1.88 bits per heavy atom. The highest BCUT2D eigenvalue weighted by molar-refractivity contribution is 5.80. The summed E-state index contributed by atoms with van der Waals surface area (Å²) in [5.41, 5.74) is 4.61. The van der Waals surface area contributed by atoms with Crippen LogP contribution in [0.2, 0.25) is 0 Å². The predicted octanol–water partition coefficient (Wildman–Crippen LogP) is 0.710. The van der Waals surface area contributed by atoms with Crippen LogP contribution in [0.4, 0.5) is 0 Å². The lowest BCUT2D eigenvalue weighted by Crippen LogP contribution is -2.50. The quantitative estimate of drug-likeness (QED) is 0.469. The molecule has 0 aliphatic heterocycles. The first-order chi connectivity index (χ1) is 7.54. The zero-order valence-electron chi connectivity index (χ0n) is 10.5. The van der Waals surface area contributed by atoms with E-state index >= 15 is 0 Å². The predicted molar refractivity (Wildman–Crippen MR) is 61.2 cm³/mol. The summed E-state index contributed by atoms with van der Waals surface area (Å²) in [5.74, 6) is -0.473. The number of nitrogens with two attached hydrogens (primary N) is 1. The number of unbranched alkanes of at least 4 members (excludes halogenated alkanes) is 1. The molecule has 0 radical (unpaired) electrons. The molecule has 5 nitrogen and oxygen atoms in total. The van der Waals surface area contributed by atoms with Crippen molar-refractivity contribution in [3.05, 3.63) is 0 Å². The van der Waals surface area contributed by atoms with E-state index in [9.17, 15) is 4.79 Å². The van der Waals surface area contributed by atoms with Crippen molar-refractivity contribution in [3.63, 3.8) is 0 Å². The smallest absolute Gasteiger partial charge is 0.327 e. The molecule has 0 bridgehead atoms. The third-order valence-corrected chi connectivity index (χ3v) is 2.07. The first-order valence-corrected chi connectivity index (χ1v) is 5.57. The van der Waals surface area contributed by atoms with Crippen molar-refractivity contribution >= 4 is 5.97 Å². The Bertz CT molecular complexity index is 194. The molecule has 0 aromatic heterocycles. The van der Waals surface area contributed by atoms with Gasteiger partial charge in [-0.25, -0.2) is 4.79 Å². The van der Waals surface area contributed by atoms with Crippen LogP contribution >= 0.6 is 0 Å². The Kier molecular flexibility index (Phi) is 8.15. The van der Waals surface area contributed by atoms with Gasteiger partial charge in [-0.15, -0.1) is 0 Å². The third-order valence-electron chi connectivity index (χ3n) is 2.07. The maximum Gasteiger partial charge on any atom is 0.327 e. The van der Waals surface area contributed by atoms with Crippen LogP contribution in [-0.4, -0.2) is 45.0 Å². The second-order valence-corrected chi connectivity index (χ2v) is 3.93. The van der Waals surface area contributed by atoms with Gasteiger partial charge in [-0.05, 0) is 13.3 Å². The Labute approximate surface area is 97.2 Å². The molecule has 0 aromatic carbocycles. The number of rotatable bonds is 9. The number of methoxy groups -OCH3 is 1. The minimum Gasteiger partial charge on any atom is -0.468 e. The van der Waals surface area contributed by atoms with Gasteiger partial charge in [-0.3, -0.25) is 0 Å². The SMILES string of the molecule is CCCCOCCOCC(C)(N)C(=O)OC. The van der Waals surface area contributed by atoms with Crippen LogP contribution in [0.15, 0.2) is 0 Å². The van der Waals surface area contributed by atoms with Gasteiger partial charge in [0.1, 0.15) is 5.54 Å². The Hall–Kier alpha value is -0.650. The summed E-state index contributed by atoms with van der Waals surface area (Å²) in [6.45, 7) is 5.53. The van der Waals surface area contributed by atoms with Gasteiger partial charge in [0.15, 0.2) is 0 Å². The topological polar surface area (TPSA) is 70.8 Å². The molecule has 0 fully saturated rings. The fourth-order valence-electron chi connectivity index (χ4n) is 1.04. The normalized spacial score (nSPS) is 14.5. The second-order valence-electron chi connectivity index (χ2n) is 3.93. The van der Waals surface area contributed by atoms with E-state index < -0.39 is 11.5 Å². The van der Waals surface area contributed by atoms with Gasteiger partial charge in [-0.2, -0.15) is 0 Å². The van der Waals surface area contributed by atoms with E-state index in [0.717, 1.165) is 19.4 Å². The average molecular weight is 233 g/mol. The first kappa shape index (κ1) is 15.3. The lowest BCUT2D eigenvalue weighted by Gasteiger charge is -2.21. The molecule has 0 saturated carbocycles. The monoisotopic (exact) mass is 233 g/mol. The molecular weight excluding hydrogens is 210 g/mol. The molecule has 0 rings (SSSR count). The lowest BCUT2D eigenvalue weighted by atomic mass is 10.1. The van der Waals surface area contributed by atoms with Gasteiger partial charge in [0, 0.05) is 6.61 Å². The van der Waals surface area contributed by atoms with Crippen molar-refractivity contribution in [1.29, 1.82) is 0 Å². The number of carbonyl (C=O) groups is 1. The molecule has 0 aliphatic rings. The molecule has 1 atom stereocenters. The van der Waals surface area contributed by atoms with E-state index in [1.165, 1.54) is 7.11 Å². The van der Waals surface area contributed by atoms with E-state index in [1.807, 2.05) is 0 Å². The lowest BCUT2D eigenvalue weighted by molar-refractivity contribution is -0.149. The molecule has 2 N–H and O–H groups in total. The largest absolute Gasteiger partial charge is 0.468 e. The molecule has 0 heterocycles. The first-order valence-electron chi connectivity index (χ1n) is 5.57. The summed E-state index contributed by atoms with van der Waals surface area (Å²) < 4.78 is 15.1. The highest BCUT2D eigenvalue weighted by atomic mass is 16.5. The highest BCUT2D eigenvalue weighted by Crippen LogP contribution is 2.02. The molecule has 5 heteroatoms. The van der Waals surface area contributed by atoms with Crippen LogP contribution in [-0.2, 0) is 19.0 Å². The fraction of sp³-hybridized carbons (Fsp3) is 0.909. The Balaban J connectivity index is 3.47. The summed E-state index contributed by atoms with van der Waals surface area (Å²) in [5, 5.41) is 0. The second kappa shape index (κ2) is 8.50. The van der Waals surface area contributed by atoms with Crippen molar-refractivity contribution in [1.82, 2.24) is 0 Å². The highest BCUT2D eigenvalue weighted by Gasteiger charge is 2.29. The maximum absolute atomic E-state index is 11.2. The summed E-state index contributed by atoms with van der Waals surface area (Å²) >= 11 is 0. The summed E-state index contributed by atoms with van der Waals surface area (Å²) in [7, 11) is 1.31. The molecule has 0 spiro atoms. The standard InChI is InChI=1S/C11H23NO4/c1-4-5-6-15-7-8-16-9-11(2,12)10(13)14-3/h4-9,12H2,1-3H3. The fourth-order valence-corrected chi connectivity index (χ4v) is 1.04. The van der Waals surface area contributed by atoms with Gasteiger partial charge >= 0.3 is 5.97 Å². The van der Waals surface area contributed by atoms with Gasteiger partial charge in [-0.1, -0.05) is 13.3 Å². The van der Waals surface area contributed by atoms with Crippen LogP contribution in [0.5, 0.6) is 0 Å². The van der Waals surface area contributed by atoms with Gasteiger partial charge in [0.25, 0.3) is 0 Å². The van der Waals surface area contributed by atoms with Gasteiger partial charge in [0.05, 0.1) is 26.9 Å². The van der Waals surface area contributed by atoms with Crippen LogP contribution in [0.3, 0.4) is 0 Å². The van der Waals surface area contributed by atoms with E-state index in [0.29, 0.717) is 13.2 Å². The van der Waals surface area contributed by atoms with Crippen molar-refractivity contribution in [3.8, 4) is 0 Å². The molecule has 0 saturated heterocycles. The molecular formula is C11H23NO4. The zero-order chi connectivity index (χ0) is 12.4. The van der Waals surface area contributed by atoms with E-state index in [2.05, 4.69) is 11.7 Å². The number of carbonyl (C=O) groups excluding carboxylic acids is 1. The number of hydrogen-bond donors (Lipinski definition) is 1. The van der Waals surface area contributed by atoms with Crippen molar-refractivity contribution in [2.45, 2.75) is 32.2 Å². The molecule has 96 valence electrons. The zero-order valence-corrected chi connectivity index (χ0v) is 10.5. The summed E-state index contributed by atoms with van der Waals surface area (Å²) in [6.07, 6.45) is 2.17. The van der Waals surface area contributed by atoms with Crippen LogP contribution in [0.1, 0.15) is 26.7 Å². The van der Waals surface area contributed by atoms with Crippen molar-refractivity contribution < 1.29 is 19.0 Å². The Morgan fingerprint density at radius 1 is 1.25 bits per heavy atom. The number of esters is 1. The number of ether oxygens (including phenoxy) is 3. The molecule has 0 aromatic rings. The summed E-state index contributed by atoms with van der Waals surface area (Å²) in [6, 6.07) is 0. The minimum atomic E-state index is -1.09. The van der Waals surface area contributed by atoms with Crippen LogP contribution in [0.25, 0.3) is 0 Å². The molecule has 0 aliphatic carbocycles. The van der Waals surface area contributed by atoms with Crippen LogP contribution < -0.4 is 5.73 Å². The summed E-state index contributed by atoms with van der Waals surface area (Å²) in [4.78, 5) is 11.2. The van der Waals surface area contributed by atoms with Gasteiger partial charge in [0.2, 0.25) is 0 Å². The average Bonchev–Trinajstić information content (AvgIpc) is 2.26. The van der Waals surface area contributed by atoms with Gasteiger partial charge < -0.3 is 19.9 Å². The van der Waals surface area contributed by atoms with Crippen molar-refractivity contribution in [2.75, 3.05) is 33.5 Å². The molecule has 1 unspecified atom stereocenters. The third kappa shape index (κ3) is 6.76. The maximum atomic E-state index is 11.2. The minimum absolute atomic E-state index is 0.136. The van der Waals surface area contributed by atoms with E-state index in [-0.39, 0.29) is 6.61 Å². The van der Waals surface area contributed by atoms with E-state index in [1.54, 1.807) is 6.92 Å². The van der Waals surface area contributed by atoms with E-state index in [4.69, 9.17) is 15.2 Å². The number of hydrogen-bond acceptors (Lipinski definition) is 5. The molecule has 0 amide bonds.